The molecule has 2 N–H and O–H groups in total. The van der Waals surface area contributed by atoms with Crippen molar-refractivity contribution in [3.63, 3.8) is 0 Å². The van der Waals surface area contributed by atoms with E-state index in [0.717, 1.165) is 38.9 Å². The molecule has 2 heterocycles. The van der Waals surface area contributed by atoms with Crippen LogP contribution in [0.25, 0.3) is 27.6 Å². The normalized spacial score (nSPS) is 14.1. The van der Waals surface area contributed by atoms with Crippen LogP contribution in [0.15, 0.2) is 42.5 Å². The quantitative estimate of drug-likeness (QED) is 0.552. The Morgan fingerprint density at radius 1 is 1.18 bits per heavy atom. The lowest BCUT2D eigenvalue weighted by molar-refractivity contribution is 0.0270. The Bertz CT molecular complexity index is 1270. The first-order valence-electron chi connectivity index (χ1n) is 11.7. The van der Waals surface area contributed by atoms with E-state index in [1.54, 1.807) is 4.90 Å². The van der Waals surface area contributed by atoms with Crippen LogP contribution in [0, 0.1) is 6.92 Å². The summed E-state index contributed by atoms with van der Waals surface area (Å²) in [4.78, 5) is 26.4. The van der Waals surface area contributed by atoms with E-state index in [0.29, 0.717) is 31.6 Å². The summed E-state index contributed by atoms with van der Waals surface area (Å²) in [6.45, 7) is 11.3. The molecule has 34 heavy (non-hydrogen) atoms. The number of rotatable bonds is 4. The van der Waals surface area contributed by atoms with Gasteiger partial charge in [-0.05, 0) is 87.6 Å². The number of aromatic amines is 1. The molecule has 0 saturated carbocycles. The Morgan fingerprint density at radius 3 is 2.65 bits per heavy atom. The SMILES string of the molecule is CCNC(=O)c1ccc(C)c(-c2ccc3c(C4=CCN(C(=O)OC(C)(C)C)CC4)n[nH]c3c2)c1. The monoisotopic (exact) mass is 460 g/mol. The molecule has 0 atom stereocenters. The number of amides is 2. The number of hydrogen-bond acceptors (Lipinski definition) is 4. The van der Waals surface area contributed by atoms with Crippen molar-refractivity contribution in [2.24, 2.45) is 0 Å². The number of carbonyl (C=O) groups is 2. The van der Waals surface area contributed by atoms with Crippen LogP contribution in [-0.4, -0.2) is 52.3 Å². The summed E-state index contributed by atoms with van der Waals surface area (Å²) < 4.78 is 5.49. The molecule has 7 nitrogen and oxygen atoms in total. The van der Waals surface area contributed by atoms with Gasteiger partial charge in [-0.25, -0.2) is 4.79 Å². The molecular weight excluding hydrogens is 428 g/mol. The van der Waals surface area contributed by atoms with Gasteiger partial charge < -0.3 is 15.0 Å². The van der Waals surface area contributed by atoms with Crippen LogP contribution >= 0.6 is 0 Å². The molecule has 1 aliphatic rings. The molecular formula is C27H32N4O3. The lowest BCUT2D eigenvalue weighted by Crippen LogP contribution is -2.39. The second kappa shape index (κ2) is 9.33. The fourth-order valence-electron chi connectivity index (χ4n) is 4.15. The minimum Gasteiger partial charge on any atom is -0.444 e. The van der Waals surface area contributed by atoms with Crippen molar-refractivity contribution in [1.29, 1.82) is 0 Å². The molecule has 0 fully saturated rings. The summed E-state index contributed by atoms with van der Waals surface area (Å²) in [5.74, 6) is -0.0710. The highest BCUT2D eigenvalue weighted by atomic mass is 16.6. The number of H-pyrrole nitrogens is 1. The molecule has 3 aromatic rings. The summed E-state index contributed by atoms with van der Waals surface area (Å²) in [5, 5.41) is 11.6. The van der Waals surface area contributed by atoms with Gasteiger partial charge in [0.15, 0.2) is 0 Å². The number of aromatic nitrogens is 2. The zero-order chi connectivity index (χ0) is 24.5. The molecule has 2 aromatic carbocycles. The van der Waals surface area contributed by atoms with E-state index in [4.69, 9.17) is 4.74 Å². The Balaban J connectivity index is 1.58. The van der Waals surface area contributed by atoms with E-state index < -0.39 is 5.60 Å². The summed E-state index contributed by atoms with van der Waals surface area (Å²) in [5.41, 5.74) is 6.26. The zero-order valence-electron chi connectivity index (χ0n) is 20.5. The topological polar surface area (TPSA) is 87.3 Å². The minimum absolute atomic E-state index is 0.0710. The van der Waals surface area contributed by atoms with E-state index in [2.05, 4.69) is 39.8 Å². The molecule has 0 unspecified atom stereocenters. The number of fused-ring (bicyclic) bond motifs is 1. The lowest BCUT2D eigenvalue weighted by Gasteiger charge is -2.29. The first-order valence-corrected chi connectivity index (χ1v) is 11.7. The second-order valence-corrected chi connectivity index (χ2v) is 9.63. The maximum atomic E-state index is 12.3. The fourth-order valence-corrected chi connectivity index (χ4v) is 4.15. The smallest absolute Gasteiger partial charge is 0.410 e. The van der Waals surface area contributed by atoms with Gasteiger partial charge in [0, 0.05) is 30.6 Å². The molecule has 0 spiro atoms. The number of hydrogen-bond donors (Lipinski definition) is 2. The van der Waals surface area contributed by atoms with Crippen molar-refractivity contribution in [2.75, 3.05) is 19.6 Å². The van der Waals surface area contributed by atoms with Crippen LogP contribution in [0.2, 0.25) is 0 Å². The summed E-state index contributed by atoms with van der Waals surface area (Å²) in [6.07, 6.45) is 2.48. The first kappa shape index (κ1) is 23.5. The molecule has 0 saturated heterocycles. The highest BCUT2D eigenvalue weighted by Gasteiger charge is 2.25. The van der Waals surface area contributed by atoms with Gasteiger partial charge in [-0.3, -0.25) is 9.89 Å². The zero-order valence-corrected chi connectivity index (χ0v) is 20.5. The van der Waals surface area contributed by atoms with Gasteiger partial charge in [0.25, 0.3) is 5.91 Å². The number of nitrogens with one attached hydrogen (secondary N) is 2. The lowest BCUT2D eigenvalue weighted by atomic mass is 9.95. The van der Waals surface area contributed by atoms with Gasteiger partial charge in [-0.2, -0.15) is 5.10 Å². The maximum Gasteiger partial charge on any atom is 0.410 e. The Hall–Kier alpha value is -3.61. The van der Waals surface area contributed by atoms with Gasteiger partial charge in [-0.15, -0.1) is 0 Å². The van der Waals surface area contributed by atoms with Crippen LogP contribution in [0.1, 0.15) is 55.7 Å². The Kier molecular flexibility index (Phi) is 6.46. The van der Waals surface area contributed by atoms with Crippen molar-refractivity contribution in [3.05, 3.63) is 59.3 Å². The summed E-state index contributed by atoms with van der Waals surface area (Å²) in [6, 6.07) is 12.0. The first-order chi connectivity index (χ1) is 16.2. The number of aryl methyl sites for hydroxylation is 1. The fraction of sp³-hybridized carbons (Fsp3) is 0.370. The number of nitrogens with zero attached hydrogens (tertiary/aromatic N) is 2. The third kappa shape index (κ3) is 4.98. The van der Waals surface area contributed by atoms with Crippen molar-refractivity contribution >= 4 is 28.5 Å². The van der Waals surface area contributed by atoms with Crippen molar-refractivity contribution < 1.29 is 14.3 Å². The van der Waals surface area contributed by atoms with Gasteiger partial charge >= 0.3 is 6.09 Å². The molecule has 178 valence electrons. The van der Waals surface area contributed by atoms with Crippen LogP contribution in [0.4, 0.5) is 4.79 Å². The standard InChI is InChI=1S/C27H32N4O3/c1-6-28-25(32)20-8-7-17(2)22(15-20)19-9-10-21-23(16-19)29-30-24(21)18-11-13-31(14-12-18)26(33)34-27(3,4)5/h7-11,15-16H,6,12-14H2,1-5H3,(H,28,32)(H,29,30). The molecule has 1 aliphatic heterocycles. The van der Waals surface area contributed by atoms with Gasteiger partial charge in [0.05, 0.1) is 11.2 Å². The number of ether oxygens (including phenoxy) is 1. The summed E-state index contributed by atoms with van der Waals surface area (Å²) in [7, 11) is 0. The highest BCUT2D eigenvalue weighted by Crippen LogP contribution is 2.32. The van der Waals surface area contributed by atoms with Crippen molar-refractivity contribution in [1.82, 2.24) is 20.4 Å². The summed E-state index contributed by atoms with van der Waals surface area (Å²) >= 11 is 0. The molecule has 7 heteroatoms. The number of carbonyl (C=O) groups excluding carboxylic acids is 2. The highest BCUT2D eigenvalue weighted by molar-refractivity contribution is 5.97. The predicted octanol–water partition coefficient (Wildman–Crippen LogP) is 5.31. The Morgan fingerprint density at radius 2 is 1.97 bits per heavy atom. The van der Waals surface area contributed by atoms with E-state index in [1.807, 2.05) is 52.8 Å². The van der Waals surface area contributed by atoms with Gasteiger partial charge in [0.2, 0.25) is 0 Å². The van der Waals surface area contributed by atoms with E-state index >= 15 is 0 Å². The molecule has 0 aliphatic carbocycles. The third-order valence-corrected chi connectivity index (χ3v) is 5.88. The van der Waals surface area contributed by atoms with E-state index in [1.165, 1.54) is 0 Å². The van der Waals surface area contributed by atoms with Crippen molar-refractivity contribution in [3.8, 4) is 11.1 Å². The van der Waals surface area contributed by atoms with Gasteiger partial charge in [0.1, 0.15) is 5.60 Å². The van der Waals surface area contributed by atoms with Crippen LogP contribution < -0.4 is 5.32 Å². The van der Waals surface area contributed by atoms with Crippen LogP contribution in [0.5, 0.6) is 0 Å². The second-order valence-electron chi connectivity index (χ2n) is 9.63. The predicted molar refractivity (Wildman–Crippen MR) is 135 cm³/mol. The molecule has 2 amide bonds. The molecule has 4 rings (SSSR count). The van der Waals surface area contributed by atoms with Crippen LogP contribution in [0.3, 0.4) is 0 Å². The molecule has 0 radical (unpaired) electrons. The largest absolute Gasteiger partial charge is 0.444 e. The van der Waals surface area contributed by atoms with Crippen LogP contribution in [-0.2, 0) is 4.74 Å². The third-order valence-electron chi connectivity index (χ3n) is 5.88. The Labute approximate surface area is 200 Å². The van der Waals surface area contributed by atoms with E-state index in [9.17, 15) is 9.59 Å². The average molecular weight is 461 g/mol. The van der Waals surface area contributed by atoms with Gasteiger partial charge in [-0.1, -0.05) is 18.2 Å². The van der Waals surface area contributed by atoms with E-state index in [-0.39, 0.29) is 12.0 Å². The van der Waals surface area contributed by atoms with Crippen molar-refractivity contribution in [2.45, 2.75) is 46.6 Å². The number of benzene rings is 2. The maximum absolute atomic E-state index is 12.3. The molecule has 1 aromatic heterocycles. The minimum atomic E-state index is -0.505. The average Bonchev–Trinajstić information content (AvgIpc) is 3.22. The molecule has 0 bridgehead atoms.